The first-order valence-corrected chi connectivity index (χ1v) is 11.6. The molecule has 0 saturated carbocycles. The summed E-state index contributed by atoms with van der Waals surface area (Å²) in [7, 11) is 0. The number of nitrogen functional groups attached to an aromatic ring is 1. The highest BCUT2D eigenvalue weighted by Crippen LogP contribution is 2.40. The summed E-state index contributed by atoms with van der Waals surface area (Å²) in [6, 6.07) is 14.2. The number of nitrogens with zero attached hydrogens (tertiary/aromatic N) is 4. The van der Waals surface area contributed by atoms with Crippen molar-refractivity contribution in [1.82, 2.24) is 24.9 Å². The summed E-state index contributed by atoms with van der Waals surface area (Å²) in [6.45, 7) is 1.52. The molecule has 2 aliphatic heterocycles. The number of anilines is 1. The second-order valence-electron chi connectivity index (χ2n) is 9.35. The fraction of sp³-hybridized carbons (Fsp3) is 0.308. The van der Waals surface area contributed by atoms with Crippen LogP contribution in [-0.2, 0) is 0 Å². The van der Waals surface area contributed by atoms with Crippen molar-refractivity contribution >= 4 is 17.2 Å². The number of nitrogens with one attached hydrogen (secondary N) is 1. The minimum atomic E-state index is -0.364. The lowest BCUT2D eigenvalue weighted by atomic mass is 9.86. The Morgan fingerprint density at radius 3 is 2.62 bits per heavy atom. The van der Waals surface area contributed by atoms with Gasteiger partial charge in [0.05, 0.1) is 29.3 Å². The van der Waals surface area contributed by atoms with Crippen LogP contribution in [0.3, 0.4) is 0 Å². The Bertz CT molecular complexity index is 1380. The smallest absolute Gasteiger partial charge is 0.165 e. The number of hydrogen-bond donors (Lipinski definition) is 3. The number of nitrogens with two attached hydrogens (primary N) is 1. The SMILES string of the molecule is CC(=O)c1c([C@@H]2C[C@H]3CC(O)[C@@H](C2)N3)nc2c(-c3ccc(-c4ccccc4)nc3)cnn2c1N. The lowest BCUT2D eigenvalue weighted by Gasteiger charge is -2.30. The van der Waals surface area contributed by atoms with Gasteiger partial charge in [-0.1, -0.05) is 36.4 Å². The van der Waals surface area contributed by atoms with Crippen LogP contribution in [0.25, 0.3) is 28.0 Å². The van der Waals surface area contributed by atoms with Crippen LogP contribution in [0, 0.1) is 0 Å². The molecular formula is C26H26N6O2. The number of fused-ring (bicyclic) bond motifs is 3. The van der Waals surface area contributed by atoms with Crippen molar-refractivity contribution in [3.05, 3.63) is 66.1 Å². The molecule has 0 spiro atoms. The highest BCUT2D eigenvalue weighted by molar-refractivity contribution is 6.00. The van der Waals surface area contributed by atoms with Gasteiger partial charge in [0, 0.05) is 40.9 Å². The molecule has 1 unspecified atom stereocenters. The molecule has 2 bridgehead atoms. The van der Waals surface area contributed by atoms with Crippen molar-refractivity contribution in [3.8, 4) is 22.4 Å². The topological polar surface area (TPSA) is 118 Å². The molecule has 8 heteroatoms. The summed E-state index contributed by atoms with van der Waals surface area (Å²) in [5.74, 6) is 0.222. The first kappa shape index (κ1) is 20.9. The number of benzene rings is 1. The van der Waals surface area contributed by atoms with E-state index >= 15 is 0 Å². The molecule has 8 nitrogen and oxygen atoms in total. The molecule has 0 aliphatic carbocycles. The molecule has 5 heterocycles. The molecule has 3 aromatic heterocycles. The Labute approximate surface area is 196 Å². The van der Waals surface area contributed by atoms with Crippen molar-refractivity contribution in [2.75, 3.05) is 5.73 Å². The van der Waals surface area contributed by atoms with Gasteiger partial charge in [-0.25, -0.2) is 4.98 Å². The van der Waals surface area contributed by atoms with Gasteiger partial charge in [-0.2, -0.15) is 9.61 Å². The number of Topliss-reactive ketones (excluding diaryl/α,β-unsaturated/α-hetero) is 1. The Balaban J connectivity index is 1.44. The van der Waals surface area contributed by atoms with Gasteiger partial charge in [-0.05, 0) is 32.3 Å². The molecule has 0 amide bonds. The third kappa shape index (κ3) is 3.38. The standard InChI is InChI=1S/C26H26N6O2/c1-14(33)23-24(17-9-18-11-22(34)21(10-17)30-18)31-26-19(13-29-32(26)25(23)27)16-7-8-20(28-12-16)15-5-3-2-4-6-15/h2-8,12-13,17-18,21-22,30,34H,9-11,27H2,1H3/t17-,18+,21-,22?/m1/s1. The Morgan fingerprint density at radius 2 is 1.91 bits per heavy atom. The number of carbonyl (C=O) groups excluding carboxylic acids is 1. The van der Waals surface area contributed by atoms with Gasteiger partial charge < -0.3 is 16.2 Å². The zero-order valence-electron chi connectivity index (χ0n) is 18.8. The van der Waals surface area contributed by atoms with Gasteiger partial charge >= 0.3 is 0 Å². The summed E-state index contributed by atoms with van der Waals surface area (Å²) in [6.07, 6.45) is 5.44. The monoisotopic (exact) mass is 454 g/mol. The van der Waals surface area contributed by atoms with Gasteiger partial charge in [-0.15, -0.1) is 0 Å². The van der Waals surface area contributed by atoms with Crippen LogP contribution < -0.4 is 11.1 Å². The molecule has 4 N–H and O–H groups in total. The average Bonchev–Trinajstić information content (AvgIpc) is 3.39. The molecule has 4 aromatic rings. The minimum Gasteiger partial charge on any atom is -0.391 e. The molecule has 0 radical (unpaired) electrons. The molecule has 1 aromatic carbocycles. The van der Waals surface area contributed by atoms with E-state index < -0.39 is 0 Å². The van der Waals surface area contributed by atoms with Gasteiger partial charge in [0.2, 0.25) is 0 Å². The van der Waals surface area contributed by atoms with Crippen molar-refractivity contribution in [2.24, 2.45) is 0 Å². The van der Waals surface area contributed by atoms with Gasteiger partial charge in [0.15, 0.2) is 11.4 Å². The molecule has 34 heavy (non-hydrogen) atoms. The van der Waals surface area contributed by atoms with Gasteiger partial charge in [0.1, 0.15) is 5.82 Å². The van der Waals surface area contributed by atoms with Crippen molar-refractivity contribution < 1.29 is 9.90 Å². The molecule has 2 fully saturated rings. The fourth-order valence-electron chi connectivity index (χ4n) is 5.52. The molecule has 2 saturated heterocycles. The fourth-order valence-corrected chi connectivity index (χ4v) is 5.52. The number of aromatic nitrogens is 4. The number of pyridine rings is 1. The van der Waals surface area contributed by atoms with Crippen molar-refractivity contribution in [3.63, 3.8) is 0 Å². The van der Waals surface area contributed by atoms with E-state index in [0.29, 0.717) is 22.7 Å². The normalized spacial score (nSPS) is 23.9. The second kappa shape index (κ2) is 8.00. The Kier molecular flexibility index (Phi) is 4.93. The van der Waals surface area contributed by atoms with Crippen molar-refractivity contribution in [1.29, 1.82) is 0 Å². The Morgan fingerprint density at radius 1 is 1.09 bits per heavy atom. The number of rotatable bonds is 4. The summed E-state index contributed by atoms with van der Waals surface area (Å²) in [4.78, 5) is 22.3. The van der Waals surface area contributed by atoms with Crippen molar-refractivity contribution in [2.45, 2.75) is 50.3 Å². The van der Waals surface area contributed by atoms with Crippen LogP contribution >= 0.6 is 0 Å². The first-order chi connectivity index (χ1) is 16.5. The predicted octanol–water partition coefficient (Wildman–Crippen LogP) is 3.21. The van der Waals surface area contributed by atoms with Crippen LogP contribution in [0.2, 0.25) is 0 Å². The van der Waals surface area contributed by atoms with E-state index in [2.05, 4.69) is 15.4 Å². The Hall–Kier alpha value is -3.62. The van der Waals surface area contributed by atoms with Crippen LogP contribution in [0.5, 0.6) is 0 Å². The van der Waals surface area contributed by atoms with Crippen LogP contribution in [0.1, 0.15) is 48.2 Å². The number of aliphatic hydroxyl groups excluding tert-OH is 1. The van der Waals surface area contributed by atoms with Crippen LogP contribution in [0.15, 0.2) is 54.9 Å². The van der Waals surface area contributed by atoms with Crippen LogP contribution in [0.4, 0.5) is 5.82 Å². The summed E-state index contributed by atoms with van der Waals surface area (Å²) in [5.41, 5.74) is 11.9. The van der Waals surface area contributed by atoms with E-state index in [1.807, 2.05) is 48.7 Å². The zero-order valence-corrected chi connectivity index (χ0v) is 18.8. The van der Waals surface area contributed by atoms with E-state index in [1.54, 1.807) is 10.7 Å². The molecule has 6 rings (SSSR count). The minimum absolute atomic E-state index is 0.0157. The third-order valence-corrected chi connectivity index (χ3v) is 7.14. The number of piperidine rings is 1. The van der Waals surface area contributed by atoms with E-state index in [4.69, 9.17) is 10.7 Å². The molecule has 172 valence electrons. The first-order valence-electron chi connectivity index (χ1n) is 11.6. The predicted molar refractivity (Wildman–Crippen MR) is 129 cm³/mol. The quantitative estimate of drug-likeness (QED) is 0.405. The maximum atomic E-state index is 12.6. The van der Waals surface area contributed by atoms with Gasteiger partial charge in [-0.3, -0.25) is 9.78 Å². The third-order valence-electron chi connectivity index (χ3n) is 7.14. The van der Waals surface area contributed by atoms with Crippen LogP contribution in [-0.4, -0.2) is 48.7 Å². The molecular weight excluding hydrogens is 428 g/mol. The van der Waals surface area contributed by atoms with E-state index in [1.165, 1.54) is 6.92 Å². The summed E-state index contributed by atoms with van der Waals surface area (Å²) in [5, 5.41) is 18.3. The van der Waals surface area contributed by atoms with E-state index in [-0.39, 0.29) is 29.9 Å². The maximum absolute atomic E-state index is 12.6. The lowest BCUT2D eigenvalue weighted by Crippen LogP contribution is -2.40. The van der Waals surface area contributed by atoms with E-state index in [9.17, 15) is 9.90 Å². The largest absolute Gasteiger partial charge is 0.391 e. The number of carbonyl (C=O) groups is 1. The number of hydrogen-bond acceptors (Lipinski definition) is 7. The highest BCUT2D eigenvalue weighted by Gasteiger charge is 2.41. The highest BCUT2D eigenvalue weighted by atomic mass is 16.3. The average molecular weight is 455 g/mol. The zero-order chi connectivity index (χ0) is 23.4. The number of aliphatic hydroxyl groups is 1. The van der Waals surface area contributed by atoms with E-state index in [0.717, 1.165) is 41.6 Å². The second-order valence-corrected chi connectivity index (χ2v) is 9.35. The lowest BCUT2D eigenvalue weighted by molar-refractivity contribution is 0.101. The summed E-state index contributed by atoms with van der Waals surface area (Å²) >= 11 is 0. The number of ketones is 1. The molecule has 2 aliphatic rings. The summed E-state index contributed by atoms with van der Waals surface area (Å²) < 4.78 is 1.55. The maximum Gasteiger partial charge on any atom is 0.165 e. The van der Waals surface area contributed by atoms with Gasteiger partial charge in [0.25, 0.3) is 0 Å². The molecule has 4 atom stereocenters.